The summed E-state index contributed by atoms with van der Waals surface area (Å²) >= 11 is 0. The fourth-order valence-electron chi connectivity index (χ4n) is 2.01. The van der Waals surface area contributed by atoms with Crippen LogP contribution in [0.4, 0.5) is 0 Å². The monoisotopic (exact) mass is 315 g/mol. The summed E-state index contributed by atoms with van der Waals surface area (Å²) in [7, 11) is 0. The van der Waals surface area contributed by atoms with Crippen molar-refractivity contribution in [3.63, 3.8) is 0 Å². The Kier molecular flexibility index (Phi) is 5.19. The minimum absolute atomic E-state index is 0.119. The van der Waals surface area contributed by atoms with E-state index in [9.17, 15) is 14.7 Å². The number of amides is 1. The van der Waals surface area contributed by atoms with Crippen LogP contribution in [0.25, 0.3) is 0 Å². The average Bonchev–Trinajstić information content (AvgIpc) is 2.53. The van der Waals surface area contributed by atoms with E-state index in [1.54, 1.807) is 0 Å². The summed E-state index contributed by atoms with van der Waals surface area (Å²) in [5.74, 6) is -1.88. The molecule has 0 aromatic heterocycles. The SMILES string of the molecule is C[C@H](NC(=O)COC(=O)c1ccc(O)cc1O)c1ccccc1. The molecule has 6 nitrogen and oxygen atoms in total. The average molecular weight is 315 g/mol. The van der Waals surface area contributed by atoms with Gasteiger partial charge in [0, 0.05) is 6.07 Å². The van der Waals surface area contributed by atoms with Crippen LogP contribution in [-0.4, -0.2) is 28.7 Å². The Labute approximate surface area is 133 Å². The fourth-order valence-corrected chi connectivity index (χ4v) is 2.01. The number of aromatic hydroxyl groups is 2. The molecular formula is C17H17NO5. The first kappa shape index (κ1) is 16.4. The minimum atomic E-state index is -0.843. The summed E-state index contributed by atoms with van der Waals surface area (Å²) in [6, 6.07) is 12.6. The highest BCUT2D eigenvalue weighted by Crippen LogP contribution is 2.23. The van der Waals surface area contributed by atoms with E-state index in [0.29, 0.717) is 0 Å². The number of carbonyl (C=O) groups is 2. The molecule has 2 rings (SSSR count). The largest absolute Gasteiger partial charge is 0.508 e. The number of phenols is 2. The van der Waals surface area contributed by atoms with Crippen LogP contribution in [-0.2, 0) is 9.53 Å². The topological polar surface area (TPSA) is 95.9 Å². The maximum atomic E-state index is 11.8. The molecule has 0 saturated carbocycles. The van der Waals surface area contributed by atoms with Crippen molar-refractivity contribution in [2.24, 2.45) is 0 Å². The van der Waals surface area contributed by atoms with Crippen molar-refractivity contribution in [1.82, 2.24) is 5.32 Å². The molecule has 23 heavy (non-hydrogen) atoms. The molecule has 1 atom stereocenters. The quantitative estimate of drug-likeness (QED) is 0.735. The molecule has 0 bridgehead atoms. The van der Waals surface area contributed by atoms with Gasteiger partial charge in [-0.3, -0.25) is 4.79 Å². The van der Waals surface area contributed by atoms with Crippen molar-refractivity contribution in [3.05, 3.63) is 59.7 Å². The van der Waals surface area contributed by atoms with Crippen LogP contribution < -0.4 is 5.32 Å². The molecule has 0 saturated heterocycles. The lowest BCUT2D eigenvalue weighted by atomic mass is 10.1. The summed E-state index contributed by atoms with van der Waals surface area (Å²) in [5, 5.41) is 21.4. The molecule has 1 amide bonds. The lowest BCUT2D eigenvalue weighted by Gasteiger charge is -2.14. The molecule has 2 aromatic rings. The van der Waals surface area contributed by atoms with Crippen LogP contribution in [0.2, 0.25) is 0 Å². The molecule has 120 valence electrons. The van der Waals surface area contributed by atoms with E-state index in [4.69, 9.17) is 9.84 Å². The second-order valence-corrected chi connectivity index (χ2v) is 4.98. The highest BCUT2D eigenvalue weighted by Gasteiger charge is 2.16. The first-order valence-electron chi connectivity index (χ1n) is 7.01. The number of benzene rings is 2. The Morgan fingerprint density at radius 3 is 2.48 bits per heavy atom. The molecule has 0 radical (unpaired) electrons. The molecule has 0 spiro atoms. The van der Waals surface area contributed by atoms with Gasteiger partial charge in [-0.05, 0) is 24.6 Å². The number of esters is 1. The molecule has 0 aliphatic carbocycles. The number of hydrogen-bond donors (Lipinski definition) is 3. The molecule has 2 aromatic carbocycles. The fraction of sp³-hybridized carbons (Fsp3) is 0.176. The van der Waals surface area contributed by atoms with Gasteiger partial charge in [-0.2, -0.15) is 0 Å². The molecule has 0 fully saturated rings. The summed E-state index contributed by atoms with van der Waals surface area (Å²) < 4.78 is 4.85. The zero-order valence-corrected chi connectivity index (χ0v) is 12.5. The third-order valence-electron chi connectivity index (χ3n) is 3.21. The standard InChI is InChI=1S/C17H17NO5/c1-11(12-5-3-2-4-6-12)18-16(21)10-23-17(22)14-8-7-13(19)9-15(14)20/h2-9,11,19-20H,10H2,1H3,(H,18,21)/t11-/m0/s1. The first-order valence-corrected chi connectivity index (χ1v) is 7.01. The Balaban J connectivity index is 1.88. The van der Waals surface area contributed by atoms with E-state index in [1.807, 2.05) is 37.3 Å². The third kappa shape index (κ3) is 4.47. The molecule has 0 heterocycles. The molecule has 0 aliphatic rings. The van der Waals surface area contributed by atoms with Crippen molar-refractivity contribution < 1.29 is 24.5 Å². The second-order valence-electron chi connectivity index (χ2n) is 4.98. The first-order chi connectivity index (χ1) is 11.0. The van der Waals surface area contributed by atoms with Crippen molar-refractivity contribution in [1.29, 1.82) is 0 Å². The summed E-state index contributed by atoms with van der Waals surface area (Å²) in [6.45, 7) is 1.36. The van der Waals surface area contributed by atoms with E-state index in [0.717, 1.165) is 11.6 Å². The van der Waals surface area contributed by atoms with Gasteiger partial charge in [-0.25, -0.2) is 4.79 Å². The van der Waals surface area contributed by atoms with Gasteiger partial charge in [0.15, 0.2) is 6.61 Å². The van der Waals surface area contributed by atoms with E-state index in [-0.39, 0.29) is 17.4 Å². The third-order valence-corrected chi connectivity index (χ3v) is 3.21. The van der Waals surface area contributed by atoms with Crippen LogP contribution in [0.1, 0.15) is 28.9 Å². The Morgan fingerprint density at radius 2 is 1.83 bits per heavy atom. The van der Waals surface area contributed by atoms with E-state index in [1.165, 1.54) is 12.1 Å². The van der Waals surface area contributed by atoms with Crippen molar-refractivity contribution in [2.45, 2.75) is 13.0 Å². The van der Waals surface area contributed by atoms with Gasteiger partial charge < -0.3 is 20.3 Å². The van der Waals surface area contributed by atoms with Crippen LogP contribution >= 0.6 is 0 Å². The van der Waals surface area contributed by atoms with Gasteiger partial charge >= 0.3 is 5.97 Å². The normalized spacial score (nSPS) is 11.5. The van der Waals surface area contributed by atoms with Gasteiger partial charge in [0.25, 0.3) is 5.91 Å². The lowest BCUT2D eigenvalue weighted by Crippen LogP contribution is -2.31. The van der Waals surface area contributed by atoms with Gasteiger partial charge in [-0.1, -0.05) is 30.3 Å². The summed E-state index contributed by atoms with van der Waals surface area (Å²) in [4.78, 5) is 23.6. The zero-order chi connectivity index (χ0) is 16.8. The Morgan fingerprint density at radius 1 is 1.13 bits per heavy atom. The maximum Gasteiger partial charge on any atom is 0.342 e. The van der Waals surface area contributed by atoms with Crippen LogP contribution in [0, 0.1) is 0 Å². The maximum absolute atomic E-state index is 11.8. The molecule has 3 N–H and O–H groups in total. The van der Waals surface area contributed by atoms with Gasteiger partial charge in [0.05, 0.1) is 6.04 Å². The smallest absolute Gasteiger partial charge is 0.342 e. The predicted molar refractivity (Wildman–Crippen MR) is 83.1 cm³/mol. The Hall–Kier alpha value is -3.02. The number of rotatable bonds is 5. The number of ether oxygens (including phenoxy) is 1. The second kappa shape index (κ2) is 7.31. The number of hydrogen-bond acceptors (Lipinski definition) is 5. The van der Waals surface area contributed by atoms with Crippen LogP contribution in [0.5, 0.6) is 11.5 Å². The predicted octanol–water partition coefficient (Wildman–Crippen LogP) is 2.13. The van der Waals surface area contributed by atoms with Crippen molar-refractivity contribution >= 4 is 11.9 Å². The molecular weight excluding hydrogens is 298 g/mol. The van der Waals surface area contributed by atoms with Crippen LogP contribution in [0.15, 0.2) is 48.5 Å². The molecule has 0 unspecified atom stereocenters. The van der Waals surface area contributed by atoms with Gasteiger partial charge in [0.2, 0.25) is 0 Å². The minimum Gasteiger partial charge on any atom is -0.508 e. The van der Waals surface area contributed by atoms with Crippen molar-refractivity contribution in [3.8, 4) is 11.5 Å². The van der Waals surface area contributed by atoms with E-state index < -0.39 is 24.2 Å². The molecule has 6 heteroatoms. The molecule has 0 aliphatic heterocycles. The van der Waals surface area contributed by atoms with Gasteiger partial charge in [0.1, 0.15) is 17.1 Å². The van der Waals surface area contributed by atoms with E-state index in [2.05, 4.69) is 5.32 Å². The summed E-state index contributed by atoms with van der Waals surface area (Å²) in [6.07, 6.45) is 0. The highest BCUT2D eigenvalue weighted by atomic mass is 16.5. The lowest BCUT2D eigenvalue weighted by molar-refractivity contribution is -0.124. The van der Waals surface area contributed by atoms with Crippen molar-refractivity contribution in [2.75, 3.05) is 6.61 Å². The van der Waals surface area contributed by atoms with Gasteiger partial charge in [-0.15, -0.1) is 0 Å². The van der Waals surface area contributed by atoms with E-state index >= 15 is 0 Å². The number of carbonyl (C=O) groups excluding carboxylic acids is 2. The number of phenolic OH excluding ortho intramolecular Hbond substituents is 2. The number of nitrogens with one attached hydrogen (secondary N) is 1. The Bertz CT molecular complexity index is 699. The highest BCUT2D eigenvalue weighted by molar-refractivity contribution is 5.94. The van der Waals surface area contributed by atoms with Crippen LogP contribution in [0.3, 0.4) is 0 Å². The zero-order valence-electron chi connectivity index (χ0n) is 12.5. The summed E-state index contributed by atoms with van der Waals surface area (Å²) in [5.41, 5.74) is 0.815.